The van der Waals surface area contributed by atoms with Crippen molar-refractivity contribution in [3.05, 3.63) is 29.8 Å². The van der Waals surface area contributed by atoms with Crippen LogP contribution in [0.15, 0.2) is 24.3 Å². The van der Waals surface area contributed by atoms with Gasteiger partial charge >= 0.3 is 12.0 Å². The molecule has 9 nitrogen and oxygen atoms in total. The predicted molar refractivity (Wildman–Crippen MR) is 140 cm³/mol. The van der Waals surface area contributed by atoms with E-state index in [0.29, 0.717) is 5.69 Å². The number of nitrogens with one attached hydrogen (secondary N) is 2. The summed E-state index contributed by atoms with van der Waals surface area (Å²) in [4.78, 5) is 55.3. The maximum atomic E-state index is 13.8. The van der Waals surface area contributed by atoms with Gasteiger partial charge in [-0.05, 0) is 56.2 Å². The summed E-state index contributed by atoms with van der Waals surface area (Å²) in [6, 6.07) is 6.43. The largest absolute Gasteiger partial charge is 0.481 e. The maximum absolute atomic E-state index is 13.8. The minimum atomic E-state index is -1.10. The number of rotatable bonds is 7. The zero-order valence-corrected chi connectivity index (χ0v) is 21.8. The monoisotopic (exact) mass is 512 g/mol. The molecule has 1 saturated heterocycles. The molecule has 2 unspecified atom stereocenters. The molecule has 0 radical (unpaired) electrons. The highest BCUT2D eigenvalue weighted by molar-refractivity contribution is 5.96. The fourth-order valence-electron chi connectivity index (χ4n) is 6.17. The van der Waals surface area contributed by atoms with E-state index >= 15 is 0 Å². The van der Waals surface area contributed by atoms with Gasteiger partial charge in [0.05, 0.1) is 6.42 Å². The molecular formula is C28H40N4O5. The minimum Gasteiger partial charge on any atom is -0.481 e. The third kappa shape index (κ3) is 6.81. The number of carbonyl (C=O) groups is 4. The second kappa shape index (κ2) is 12.4. The highest BCUT2D eigenvalue weighted by atomic mass is 16.4. The molecule has 202 valence electrons. The summed E-state index contributed by atoms with van der Waals surface area (Å²) in [5.74, 6) is -1.59. The molecule has 9 heteroatoms. The zero-order valence-electron chi connectivity index (χ0n) is 21.8. The summed E-state index contributed by atoms with van der Waals surface area (Å²) in [5.41, 5.74) is 1.61. The van der Waals surface area contributed by atoms with Crippen LogP contribution in [0.3, 0.4) is 0 Å². The van der Waals surface area contributed by atoms with Crippen molar-refractivity contribution in [2.24, 2.45) is 11.8 Å². The fourth-order valence-corrected chi connectivity index (χ4v) is 6.17. The maximum Gasteiger partial charge on any atom is 0.323 e. The summed E-state index contributed by atoms with van der Waals surface area (Å²) in [6.45, 7) is 2.45. The summed E-state index contributed by atoms with van der Waals surface area (Å²) in [7, 11) is 0. The summed E-state index contributed by atoms with van der Waals surface area (Å²) in [5, 5.41) is 15.4. The van der Waals surface area contributed by atoms with Gasteiger partial charge in [-0.2, -0.15) is 0 Å². The molecule has 2 atom stereocenters. The Balaban J connectivity index is 1.55. The van der Waals surface area contributed by atoms with E-state index in [-0.39, 0.29) is 37.3 Å². The van der Waals surface area contributed by atoms with Gasteiger partial charge in [0.1, 0.15) is 0 Å². The molecular weight excluding hydrogens is 472 g/mol. The molecule has 0 spiro atoms. The highest BCUT2D eigenvalue weighted by Crippen LogP contribution is 2.30. The van der Waals surface area contributed by atoms with Crippen molar-refractivity contribution < 1.29 is 24.3 Å². The number of amides is 4. The van der Waals surface area contributed by atoms with Gasteiger partial charge in [-0.25, -0.2) is 4.79 Å². The van der Waals surface area contributed by atoms with Crippen molar-refractivity contribution in [2.45, 2.75) is 89.8 Å². The number of nitrogens with zero attached hydrogens (tertiary/aromatic N) is 2. The van der Waals surface area contributed by atoms with Crippen LogP contribution in [-0.2, 0) is 14.4 Å². The highest BCUT2D eigenvalue weighted by Gasteiger charge is 2.45. The standard InChI is InChI=1S/C28H40N4O5/c1-19-9-8-14-22(17-19)29-28(37)32-16-15-31(27(36)21-12-6-3-7-13-21)26(32)25(35)30-23(18-24(33)34)20-10-4-2-5-11-20/h8-9,14,17,20-21,23,26H,2-7,10-13,15-16,18H2,1H3,(H,29,37)(H,30,35)(H,33,34). The third-order valence-electron chi connectivity index (χ3n) is 8.12. The molecule has 0 aromatic heterocycles. The number of carbonyl (C=O) groups excluding carboxylic acids is 3. The third-order valence-corrected chi connectivity index (χ3v) is 8.12. The summed E-state index contributed by atoms with van der Waals surface area (Å²) in [6.07, 6.45) is 8.27. The molecule has 4 rings (SSSR count). The van der Waals surface area contributed by atoms with Gasteiger partial charge in [0.2, 0.25) is 5.91 Å². The molecule has 1 heterocycles. The Morgan fingerprint density at radius 3 is 2.24 bits per heavy atom. The first-order valence-corrected chi connectivity index (χ1v) is 13.8. The van der Waals surface area contributed by atoms with Gasteiger partial charge in [0, 0.05) is 30.7 Å². The van der Waals surface area contributed by atoms with Crippen LogP contribution in [0.4, 0.5) is 10.5 Å². The van der Waals surface area contributed by atoms with E-state index < -0.39 is 30.1 Å². The van der Waals surface area contributed by atoms with E-state index in [9.17, 15) is 24.3 Å². The normalized spacial score (nSPS) is 21.9. The SMILES string of the molecule is Cc1cccc(NC(=O)N2CCN(C(=O)C3CCCCC3)C2C(=O)NC(CC(=O)O)C2CCCCC2)c1. The van der Waals surface area contributed by atoms with E-state index in [1.165, 1.54) is 4.90 Å². The molecule has 0 bridgehead atoms. The zero-order chi connectivity index (χ0) is 26.4. The lowest BCUT2D eigenvalue weighted by atomic mass is 9.82. The second-order valence-corrected chi connectivity index (χ2v) is 10.8. The van der Waals surface area contributed by atoms with E-state index in [0.717, 1.165) is 69.8 Å². The molecule has 3 aliphatic rings. The number of hydrogen-bond acceptors (Lipinski definition) is 4. The number of aliphatic carboxylic acids is 1. The Labute approximate surface area is 219 Å². The molecule has 37 heavy (non-hydrogen) atoms. The van der Waals surface area contributed by atoms with Crippen LogP contribution in [0.2, 0.25) is 0 Å². The number of carboxylic acid groups (broad SMARTS) is 1. The van der Waals surface area contributed by atoms with Crippen LogP contribution in [0.5, 0.6) is 0 Å². The number of aryl methyl sites for hydroxylation is 1. The Morgan fingerprint density at radius 2 is 1.59 bits per heavy atom. The fraction of sp³-hybridized carbons (Fsp3) is 0.643. The van der Waals surface area contributed by atoms with Crippen molar-refractivity contribution in [3.63, 3.8) is 0 Å². The first-order valence-electron chi connectivity index (χ1n) is 13.8. The second-order valence-electron chi connectivity index (χ2n) is 10.8. The molecule has 3 N–H and O–H groups in total. The minimum absolute atomic E-state index is 0.0762. The summed E-state index contributed by atoms with van der Waals surface area (Å²) >= 11 is 0. The lowest BCUT2D eigenvalue weighted by Crippen LogP contribution is -2.58. The van der Waals surface area contributed by atoms with Crippen LogP contribution in [-0.4, -0.2) is 64.0 Å². The topological polar surface area (TPSA) is 119 Å². The van der Waals surface area contributed by atoms with Crippen molar-refractivity contribution in [1.82, 2.24) is 15.1 Å². The lowest BCUT2D eigenvalue weighted by molar-refractivity contribution is -0.146. The van der Waals surface area contributed by atoms with Crippen LogP contribution < -0.4 is 10.6 Å². The lowest BCUT2D eigenvalue weighted by Gasteiger charge is -2.35. The Hall–Kier alpha value is -3.10. The van der Waals surface area contributed by atoms with Crippen LogP contribution in [0.1, 0.15) is 76.2 Å². The number of benzene rings is 1. The predicted octanol–water partition coefficient (Wildman–Crippen LogP) is 4.12. The van der Waals surface area contributed by atoms with E-state index in [1.807, 2.05) is 25.1 Å². The molecule has 3 fully saturated rings. The van der Waals surface area contributed by atoms with Crippen LogP contribution in [0.25, 0.3) is 0 Å². The number of anilines is 1. The average Bonchev–Trinajstić information content (AvgIpc) is 3.34. The molecule has 2 saturated carbocycles. The Morgan fingerprint density at radius 1 is 0.946 bits per heavy atom. The Kier molecular flexibility index (Phi) is 9.05. The van der Waals surface area contributed by atoms with E-state index in [4.69, 9.17) is 0 Å². The van der Waals surface area contributed by atoms with Gasteiger partial charge < -0.3 is 20.6 Å². The Bertz CT molecular complexity index is 987. The summed E-state index contributed by atoms with van der Waals surface area (Å²) < 4.78 is 0. The molecule has 1 aromatic rings. The van der Waals surface area contributed by atoms with Crippen molar-refractivity contribution in [1.29, 1.82) is 0 Å². The van der Waals surface area contributed by atoms with Crippen LogP contribution in [0, 0.1) is 18.8 Å². The molecule has 1 aliphatic heterocycles. The van der Waals surface area contributed by atoms with Gasteiger partial charge in [0.15, 0.2) is 6.17 Å². The number of carboxylic acids is 1. The van der Waals surface area contributed by atoms with Crippen molar-refractivity contribution >= 4 is 29.5 Å². The van der Waals surface area contributed by atoms with Gasteiger partial charge in [0.25, 0.3) is 5.91 Å². The number of hydrogen-bond donors (Lipinski definition) is 3. The van der Waals surface area contributed by atoms with E-state index in [1.54, 1.807) is 11.0 Å². The quantitative estimate of drug-likeness (QED) is 0.508. The smallest absolute Gasteiger partial charge is 0.323 e. The van der Waals surface area contributed by atoms with Gasteiger partial charge in [-0.1, -0.05) is 50.7 Å². The first-order chi connectivity index (χ1) is 17.8. The van der Waals surface area contributed by atoms with Crippen LogP contribution >= 0.6 is 0 Å². The molecule has 4 amide bonds. The molecule has 1 aromatic carbocycles. The van der Waals surface area contributed by atoms with E-state index in [2.05, 4.69) is 10.6 Å². The first kappa shape index (κ1) is 26.9. The molecule has 2 aliphatic carbocycles. The van der Waals surface area contributed by atoms with Gasteiger partial charge in [-0.3, -0.25) is 19.3 Å². The number of urea groups is 1. The van der Waals surface area contributed by atoms with Crippen molar-refractivity contribution in [2.75, 3.05) is 18.4 Å². The van der Waals surface area contributed by atoms with Gasteiger partial charge in [-0.15, -0.1) is 0 Å². The van der Waals surface area contributed by atoms with Crippen molar-refractivity contribution in [3.8, 4) is 0 Å². The average molecular weight is 513 g/mol.